The third-order valence-electron chi connectivity index (χ3n) is 2.52. The summed E-state index contributed by atoms with van der Waals surface area (Å²) in [5.41, 5.74) is 2.77. The maximum absolute atomic E-state index is 4.58. The molecule has 3 rings (SSSR count). The van der Waals surface area contributed by atoms with Gasteiger partial charge in [0, 0.05) is 10.9 Å². The topological polar surface area (TPSA) is 51.6 Å². The molecule has 0 aliphatic heterocycles. The summed E-state index contributed by atoms with van der Waals surface area (Å²) in [6, 6.07) is 10.1. The van der Waals surface area contributed by atoms with Gasteiger partial charge in [0.25, 0.3) is 0 Å². The Morgan fingerprint density at radius 2 is 1.89 bits per heavy atom. The Bertz CT molecular complexity index is 665. The predicted octanol–water partition coefficient (Wildman–Crippen LogP) is 3.38. The lowest BCUT2D eigenvalue weighted by Crippen LogP contribution is -1.92. The quantitative estimate of drug-likeness (QED) is 0.691. The molecule has 0 spiro atoms. The van der Waals surface area contributed by atoms with E-state index in [0.29, 0.717) is 10.9 Å². The largest absolute Gasteiger partial charge is 0.234 e. The Morgan fingerprint density at radius 3 is 2.58 bits per heavy atom. The van der Waals surface area contributed by atoms with Gasteiger partial charge < -0.3 is 0 Å². The molecule has 1 aromatic carbocycles. The first-order valence-electron chi connectivity index (χ1n) is 5.62. The first kappa shape index (κ1) is 12.3. The van der Waals surface area contributed by atoms with Crippen LogP contribution in [0.5, 0.6) is 0 Å². The van der Waals surface area contributed by atoms with E-state index < -0.39 is 0 Å². The van der Waals surface area contributed by atoms with Crippen LogP contribution in [0.1, 0.15) is 0 Å². The molecule has 0 amide bonds. The second-order valence-corrected chi connectivity index (χ2v) is 5.37. The van der Waals surface area contributed by atoms with Crippen molar-refractivity contribution in [2.45, 2.75) is 5.16 Å². The molecule has 19 heavy (non-hydrogen) atoms. The molecule has 94 valence electrons. The van der Waals surface area contributed by atoms with E-state index in [-0.39, 0.29) is 0 Å². The fourth-order valence-corrected chi connectivity index (χ4v) is 2.65. The first-order chi connectivity index (χ1) is 9.36. The summed E-state index contributed by atoms with van der Waals surface area (Å²) in [6.45, 7) is 0. The molecule has 0 aliphatic rings. The molecule has 0 bridgehead atoms. The van der Waals surface area contributed by atoms with Gasteiger partial charge in [-0.05, 0) is 6.26 Å². The van der Waals surface area contributed by atoms with Crippen LogP contribution in [0.25, 0.3) is 22.0 Å². The summed E-state index contributed by atoms with van der Waals surface area (Å²) in [6.07, 6.45) is 3.64. The molecule has 0 atom stereocenters. The van der Waals surface area contributed by atoms with Gasteiger partial charge in [-0.25, -0.2) is 9.97 Å². The maximum atomic E-state index is 4.58. The van der Waals surface area contributed by atoms with Gasteiger partial charge in [-0.2, -0.15) is 0 Å². The van der Waals surface area contributed by atoms with Crippen molar-refractivity contribution in [3.63, 3.8) is 0 Å². The molecule has 0 unspecified atom stereocenters. The fraction of sp³-hybridized carbons (Fsp3) is 0.0769. The summed E-state index contributed by atoms with van der Waals surface area (Å²) in [5, 5.41) is 11.7. The predicted molar refractivity (Wildman–Crippen MR) is 78.2 cm³/mol. The highest BCUT2D eigenvalue weighted by Gasteiger charge is 2.08. The van der Waals surface area contributed by atoms with Crippen LogP contribution in [-0.4, -0.2) is 26.4 Å². The number of rotatable bonds is 3. The van der Waals surface area contributed by atoms with E-state index in [1.54, 1.807) is 17.5 Å². The van der Waals surface area contributed by atoms with Crippen LogP contribution in [0, 0.1) is 0 Å². The molecular weight excluding hydrogens is 276 g/mol. The Hall–Kier alpha value is -1.79. The van der Waals surface area contributed by atoms with Crippen LogP contribution in [0.15, 0.2) is 47.1 Å². The number of benzene rings is 1. The molecular formula is C13H10N4S2. The van der Waals surface area contributed by atoms with Crippen LogP contribution in [0.4, 0.5) is 0 Å². The zero-order chi connectivity index (χ0) is 13.1. The van der Waals surface area contributed by atoms with Gasteiger partial charge in [0.05, 0.1) is 11.9 Å². The van der Waals surface area contributed by atoms with Crippen LogP contribution >= 0.6 is 23.1 Å². The molecule has 0 radical (unpaired) electrons. The standard InChI is InChI=1S/C13H10N4S2/c1-18-13-14-7-10(16-17-13)12-15-11(8-19-12)9-5-3-2-4-6-9/h2-8H,1H3. The first-order valence-corrected chi connectivity index (χ1v) is 7.72. The van der Waals surface area contributed by atoms with Gasteiger partial charge in [0.15, 0.2) is 0 Å². The average Bonchev–Trinajstić information content (AvgIpc) is 2.98. The van der Waals surface area contributed by atoms with E-state index in [2.05, 4.69) is 20.2 Å². The van der Waals surface area contributed by atoms with Crippen molar-refractivity contribution in [1.29, 1.82) is 0 Å². The normalized spacial score (nSPS) is 10.6. The van der Waals surface area contributed by atoms with Crippen molar-refractivity contribution in [3.8, 4) is 22.0 Å². The molecule has 0 aliphatic carbocycles. The minimum absolute atomic E-state index is 0.670. The minimum Gasteiger partial charge on any atom is -0.234 e. The third-order valence-corrected chi connectivity index (χ3v) is 3.93. The summed E-state index contributed by atoms with van der Waals surface area (Å²) in [5.74, 6) is 0. The van der Waals surface area contributed by atoms with Crippen molar-refractivity contribution < 1.29 is 0 Å². The van der Waals surface area contributed by atoms with Gasteiger partial charge >= 0.3 is 0 Å². The van der Waals surface area contributed by atoms with Crippen molar-refractivity contribution in [2.75, 3.05) is 6.26 Å². The Labute approximate surface area is 119 Å². The van der Waals surface area contributed by atoms with Gasteiger partial charge in [0.2, 0.25) is 5.16 Å². The van der Waals surface area contributed by atoms with Gasteiger partial charge in [0.1, 0.15) is 10.7 Å². The smallest absolute Gasteiger partial charge is 0.208 e. The zero-order valence-corrected chi connectivity index (χ0v) is 11.8. The van der Waals surface area contributed by atoms with E-state index >= 15 is 0 Å². The number of nitrogens with zero attached hydrogens (tertiary/aromatic N) is 4. The summed E-state index contributed by atoms with van der Waals surface area (Å²) < 4.78 is 0. The SMILES string of the molecule is CSc1ncc(-c2nc(-c3ccccc3)cs2)nn1. The summed E-state index contributed by atoms with van der Waals surface area (Å²) >= 11 is 3.02. The highest BCUT2D eigenvalue weighted by atomic mass is 32.2. The molecule has 3 aromatic rings. The lowest BCUT2D eigenvalue weighted by atomic mass is 10.2. The lowest BCUT2D eigenvalue weighted by molar-refractivity contribution is 0.846. The average molecular weight is 286 g/mol. The van der Waals surface area contributed by atoms with E-state index in [0.717, 1.165) is 16.3 Å². The zero-order valence-electron chi connectivity index (χ0n) is 10.1. The van der Waals surface area contributed by atoms with Crippen LogP contribution in [0.2, 0.25) is 0 Å². The van der Waals surface area contributed by atoms with Crippen molar-refractivity contribution in [1.82, 2.24) is 20.2 Å². The van der Waals surface area contributed by atoms with E-state index in [1.807, 2.05) is 42.0 Å². The molecule has 0 N–H and O–H groups in total. The second-order valence-electron chi connectivity index (χ2n) is 3.73. The summed E-state index contributed by atoms with van der Waals surface area (Å²) in [7, 11) is 0. The number of aromatic nitrogens is 4. The lowest BCUT2D eigenvalue weighted by Gasteiger charge is -1.96. The Balaban J connectivity index is 1.92. The molecule has 2 heterocycles. The number of hydrogen-bond donors (Lipinski definition) is 0. The number of hydrogen-bond acceptors (Lipinski definition) is 6. The minimum atomic E-state index is 0.670. The van der Waals surface area contributed by atoms with Crippen LogP contribution in [-0.2, 0) is 0 Å². The number of thioether (sulfide) groups is 1. The molecule has 6 heteroatoms. The van der Waals surface area contributed by atoms with Crippen LogP contribution < -0.4 is 0 Å². The Morgan fingerprint density at radius 1 is 1.05 bits per heavy atom. The van der Waals surface area contributed by atoms with Crippen molar-refractivity contribution in [3.05, 3.63) is 41.9 Å². The van der Waals surface area contributed by atoms with Crippen molar-refractivity contribution >= 4 is 23.1 Å². The second kappa shape index (κ2) is 5.46. The molecule has 4 nitrogen and oxygen atoms in total. The highest BCUT2D eigenvalue weighted by Crippen LogP contribution is 2.27. The molecule has 0 fully saturated rings. The molecule has 2 aromatic heterocycles. The van der Waals surface area contributed by atoms with Gasteiger partial charge in [-0.1, -0.05) is 42.1 Å². The van der Waals surface area contributed by atoms with E-state index in [4.69, 9.17) is 0 Å². The highest BCUT2D eigenvalue weighted by molar-refractivity contribution is 7.98. The fourth-order valence-electron chi connectivity index (χ4n) is 1.59. The number of thiazole rings is 1. The van der Waals surface area contributed by atoms with E-state index in [1.165, 1.54) is 11.8 Å². The third kappa shape index (κ3) is 2.64. The summed E-state index contributed by atoms with van der Waals surface area (Å²) in [4.78, 5) is 8.79. The maximum Gasteiger partial charge on any atom is 0.208 e. The van der Waals surface area contributed by atoms with E-state index in [9.17, 15) is 0 Å². The van der Waals surface area contributed by atoms with Gasteiger partial charge in [-0.15, -0.1) is 21.5 Å². The molecule has 0 saturated heterocycles. The monoisotopic (exact) mass is 286 g/mol. The molecule has 0 saturated carbocycles. The Kier molecular flexibility index (Phi) is 3.52. The van der Waals surface area contributed by atoms with Crippen molar-refractivity contribution in [2.24, 2.45) is 0 Å². The van der Waals surface area contributed by atoms with Crippen LogP contribution in [0.3, 0.4) is 0 Å². The van der Waals surface area contributed by atoms with Gasteiger partial charge in [-0.3, -0.25) is 0 Å².